The van der Waals surface area contributed by atoms with Gasteiger partial charge in [-0.15, -0.1) is 0 Å². The molecule has 0 spiro atoms. The van der Waals surface area contributed by atoms with Crippen molar-refractivity contribution in [1.82, 2.24) is 25.0 Å². The molecule has 26 heavy (non-hydrogen) atoms. The number of hydrogen-bond donors (Lipinski definition) is 1. The first-order valence-electron chi connectivity index (χ1n) is 9.62. The van der Waals surface area contributed by atoms with Gasteiger partial charge in [0.1, 0.15) is 5.82 Å². The molecule has 6 heteroatoms. The van der Waals surface area contributed by atoms with Crippen LogP contribution in [0.4, 0.5) is 5.82 Å². The van der Waals surface area contributed by atoms with Gasteiger partial charge in [0.05, 0.1) is 11.7 Å². The van der Waals surface area contributed by atoms with Crippen LogP contribution in [0.5, 0.6) is 0 Å². The van der Waals surface area contributed by atoms with E-state index in [4.69, 9.17) is 0 Å². The van der Waals surface area contributed by atoms with E-state index in [0.29, 0.717) is 0 Å². The normalized spacial score (nSPS) is 16.2. The van der Waals surface area contributed by atoms with Gasteiger partial charge in [0.2, 0.25) is 0 Å². The number of nitrogens with one attached hydrogen (secondary N) is 1. The maximum Gasteiger partial charge on any atom is 0.128 e. The molecule has 0 aromatic carbocycles. The minimum absolute atomic E-state index is 0.0284. The van der Waals surface area contributed by atoms with Crippen LogP contribution in [-0.4, -0.2) is 52.4 Å². The van der Waals surface area contributed by atoms with Crippen molar-refractivity contribution < 1.29 is 0 Å². The summed E-state index contributed by atoms with van der Waals surface area (Å²) in [5.41, 5.74) is 2.45. The molecule has 3 rings (SSSR count). The summed E-state index contributed by atoms with van der Waals surface area (Å²) in [5, 5.41) is 7.92. The summed E-state index contributed by atoms with van der Waals surface area (Å²) in [7, 11) is 0. The van der Waals surface area contributed by atoms with E-state index in [0.717, 1.165) is 51.6 Å². The molecule has 6 nitrogen and oxygen atoms in total. The second-order valence-electron chi connectivity index (χ2n) is 8.01. The lowest BCUT2D eigenvalue weighted by Gasteiger charge is -2.34. The number of aromatic nitrogens is 3. The summed E-state index contributed by atoms with van der Waals surface area (Å²) in [6, 6.07) is 4.33. The minimum Gasteiger partial charge on any atom is -0.354 e. The van der Waals surface area contributed by atoms with Crippen molar-refractivity contribution in [2.45, 2.75) is 46.3 Å². The molecule has 0 aliphatic carbocycles. The third kappa shape index (κ3) is 4.83. The highest BCUT2D eigenvalue weighted by Gasteiger charge is 2.16. The van der Waals surface area contributed by atoms with Gasteiger partial charge < -0.3 is 15.1 Å². The van der Waals surface area contributed by atoms with Gasteiger partial charge in [-0.1, -0.05) is 13.0 Å². The number of likely N-dealkylation sites (N-methyl/N-ethyl adjacent to an activating group) is 1. The molecule has 0 bridgehead atoms. The minimum atomic E-state index is 0.0284. The van der Waals surface area contributed by atoms with Crippen LogP contribution in [-0.2, 0) is 18.6 Å². The summed E-state index contributed by atoms with van der Waals surface area (Å²) >= 11 is 0. The fraction of sp³-hybridized carbons (Fsp3) is 0.600. The van der Waals surface area contributed by atoms with Crippen molar-refractivity contribution in [1.29, 1.82) is 0 Å². The standard InChI is InChI=1S/C20H32N6/c1-5-24-8-10-25(11-9-24)19-7-6-17(14-22-19)12-21-13-18-15-23-26(16-18)20(2,3)4/h6-7,14-16,21H,5,8-13H2,1-4H3. The van der Waals surface area contributed by atoms with Gasteiger partial charge in [0.25, 0.3) is 0 Å². The maximum atomic E-state index is 4.67. The van der Waals surface area contributed by atoms with Crippen LogP contribution in [0.3, 0.4) is 0 Å². The second kappa shape index (κ2) is 8.18. The van der Waals surface area contributed by atoms with Crippen LogP contribution in [0, 0.1) is 0 Å². The zero-order valence-electron chi connectivity index (χ0n) is 16.6. The zero-order chi connectivity index (χ0) is 18.6. The largest absolute Gasteiger partial charge is 0.354 e. The number of anilines is 1. The third-order valence-electron chi connectivity index (χ3n) is 4.93. The second-order valence-corrected chi connectivity index (χ2v) is 8.01. The van der Waals surface area contributed by atoms with E-state index in [2.05, 4.69) is 71.2 Å². The first-order chi connectivity index (χ1) is 12.5. The van der Waals surface area contributed by atoms with Crippen LogP contribution in [0.1, 0.15) is 38.8 Å². The van der Waals surface area contributed by atoms with Crippen LogP contribution in [0.15, 0.2) is 30.7 Å². The lowest BCUT2D eigenvalue weighted by Crippen LogP contribution is -2.46. The molecule has 1 aliphatic heterocycles. The Labute approximate surface area is 157 Å². The SMILES string of the molecule is CCN1CCN(c2ccc(CNCc3cnn(C(C)(C)C)c3)cn2)CC1. The van der Waals surface area contributed by atoms with E-state index in [9.17, 15) is 0 Å². The van der Waals surface area contributed by atoms with Crippen molar-refractivity contribution in [3.8, 4) is 0 Å². The van der Waals surface area contributed by atoms with Gasteiger partial charge in [-0.3, -0.25) is 4.68 Å². The van der Waals surface area contributed by atoms with E-state index >= 15 is 0 Å². The highest BCUT2D eigenvalue weighted by molar-refractivity contribution is 5.39. The Morgan fingerprint density at radius 1 is 1.00 bits per heavy atom. The fourth-order valence-electron chi connectivity index (χ4n) is 3.17. The molecule has 1 fully saturated rings. The predicted octanol–water partition coefficient (Wildman–Crippen LogP) is 2.46. The van der Waals surface area contributed by atoms with Crippen molar-refractivity contribution >= 4 is 5.82 Å². The van der Waals surface area contributed by atoms with Crippen LogP contribution in [0.25, 0.3) is 0 Å². The lowest BCUT2D eigenvalue weighted by molar-refractivity contribution is 0.270. The predicted molar refractivity (Wildman–Crippen MR) is 106 cm³/mol. The monoisotopic (exact) mass is 356 g/mol. The maximum absolute atomic E-state index is 4.67. The van der Waals surface area contributed by atoms with Crippen molar-refractivity contribution in [3.05, 3.63) is 41.9 Å². The number of piperazine rings is 1. The molecule has 1 aliphatic rings. The Bertz CT molecular complexity index is 677. The number of nitrogens with zero attached hydrogens (tertiary/aromatic N) is 5. The van der Waals surface area contributed by atoms with E-state index in [1.807, 2.05) is 17.1 Å². The molecule has 0 amide bonds. The highest BCUT2D eigenvalue weighted by Crippen LogP contribution is 2.15. The summed E-state index contributed by atoms with van der Waals surface area (Å²) in [6.07, 6.45) is 6.05. The number of rotatable bonds is 6. The molecular weight excluding hydrogens is 324 g/mol. The molecule has 0 saturated carbocycles. The molecule has 2 aromatic heterocycles. The Kier molecular flexibility index (Phi) is 5.94. The van der Waals surface area contributed by atoms with E-state index in [1.165, 1.54) is 11.1 Å². The Morgan fingerprint density at radius 2 is 1.73 bits per heavy atom. The smallest absolute Gasteiger partial charge is 0.128 e. The molecule has 0 radical (unpaired) electrons. The highest BCUT2D eigenvalue weighted by atomic mass is 15.3. The molecule has 3 heterocycles. The molecule has 1 N–H and O–H groups in total. The quantitative estimate of drug-likeness (QED) is 0.862. The van der Waals surface area contributed by atoms with Gasteiger partial charge >= 0.3 is 0 Å². The average molecular weight is 357 g/mol. The first kappa shape index (κ1) is 18.9. The van der Waals surface area contributed by atoms with Crippen molar-refractivity contribution in [3.63, 3.8) is 0 Å². The fourth-order valence-corrected chi connectivity index (χ4v) is 3.17. The van der Waals surface area contributed by atoms with E-state index < -0.39 is 0 Å². The Hall–Kier alpha value is -1.92. The van der Waals surface area contributed by atoms with Gasteiger partial charge in [0, 0.05) is 57.2 Å². The summed E-state index contributed by atoms with van der Waals surface area (Å²) < 4.78 is 2.01. The molecule has 0 atom stereocenters. The van der Waals surface area contributed by atoms with Crippen molar-refractivity contribution in [2.24, 2.45) is 0 Å². The lowest BCUT2D eigenvalue weighted by atomic mass is 10.1. The number of hydrogen-bond acceptors (Lipinski definition) is 5. The molecular formula is C20H32N6. The molecule has 0 unspecified atom stereocenters. The molecule has 142 valence electrons. The summed E-state index contributed by atoms with van der Waals surface area (Å²) in [5.74, 6) is 1.09. The van der Waals surface area contributed by atoms with Gasteiger partial charge in [0.15, 0.2) is 0 Å². The van der Waals surface area contributed by atoms with Gasteiger partial charge in [-0.05, 0) is 38.9 Å². The number of pyridine rings is 1. The van der Waals surface area contributed by atoms with Gasteiger partial charge in [-0.2, -0.15) is 5.10 Å². The summed E-state index contributed by atoms with van der Waals surface area (Å²) in [4.78, 5) is 9.53. The van der Waals surface area contributed by atoms with Gasteiger partial charge in [-0.25, -0.2) is 4.98 Å². The van der Waals surface area contributed by atoms with E-state index in [1.54, 1.807) is 0 Å². The topological polar surface area (TPSA) is 49.2 Å². The average Bonchev–Trinajstić information content (AvgIpc) is 3.12. The molecule has 1 saturated heterocycles. The van der Waals surface area contributed by atoms with Crippen LogP contribution >= 0.6 is 0 Å². The molecule has 2 aromatic rings. The first-order valence-corrected chi connectivity index (χ1v) is 9.62. The van der Waals surface area contributed by atoms with Crippen molar-refractivity contribution in [2.75, 3.05) is 37.6 Å². The summed E-state index contributed by atoms with van der Waals surface area (Å²) in [6.45, 7) is 15.9. The zero-order valence-corrected chi connectivity index (χ0v) is 16.6. The van der Waals surface area contributed by atoms with Crippen LogP contribution < -0.4 is 10.2 Å². The van der Waals surface area contributed by atoms with Crippen LogP contribution in [0.2, 0.25) is 0 Å². The Morgan fingerprint density at radius 3 is 2.31 bits per heavy atom. The van der Waals surface area contributed by atoms with E-state index in [-0.39, 0.29) is 5.54 Å². The third-order valence-corrected chi connectivity index (χ3v) is 4.93. The Balaban J connectivity index is 1.47.